The van der Waals surface area contributed by atoms with Crippen LogP contribution in [0, 0.1) is 13.8 Å². The summed E-state index contributed by atoms with van der Waals surface area (Å²) in [7, 11) is 3.71. The summed E-state index contributed by atoms with van der Waals surface area (Å²) in [6.07, 6.45) is 1.86. The molecule has 0 aliphatic heterocycles. The number of methoxy groups -OCH3 is 1. The molecule has 0 spiro atoms. The van der Waals surface area contributed by atoms with Gasteiger partial charge in [-0.2, -0.15) is 5.10 Å². The predicted octanol–water partition coefficient (Wildman–Crippen LogP) is 4.11. The van der Waals surface area contributed by atoms with Crippen molar-refractivity contribution in [2.45, 2.75) is 33.9 Å². The second kappa shape index (κ2) is 11.7. The predicted molar refractivity (Wildman–Crippen MR) is 136 cm³/mol. The molecule has 0 fully saturated rings. The van der Waals surface area contributed by atoms with Gasteiger partial charge in [0, 0.05) is 32.0 Å². The van der Waals surface area contributed by atoms with Gasteiger partial charge in [0.05, 0.1) is 19.3 Å². The van der Waals surface area contributed by atoms with Crippen LogP contribution in [0.1, 0.15) is 29.4 Å². The van der Waals surface area contributed by atoms with Crippen molar-refractivity contribution in [3.05, 3.63) is 71.2 Å². The molecule has 0 saturated carbocycles. The summed E-state index contributed by atoms with van der Waals surface area (Å²) in [6.45, 7) is 8.20. The quantitative estimate of drug-likeness (QED) is 0.281. The molecule has 2 heterocycles. The summed E-state index contributed by atoms with van der Waals surface area (Å²) in [4.78, 5) is 11.5. The molecule has 8 heteroatoms. The van der Waals surface area contributed by atoms with Crippen LogP contribution in [-0.4, -0.2) is 46.3 Å². The van der Waals surface area contributed by atoms with E-state index in [9.17, 15) is 0 Å². The lowest BCUT2D eigenvalue weighted by Crippen LogP contribution is -2.38. The highest BCUT2D eigenvalue weighted by molar-refractivity contribution is 14.0. The Bertz CT molecular complexity index is 982. The molecule has 3 aromatic rings. The molecule has 31 heavy (non-hydrogen) atoms. The van der Waals surface area contributed by atoms with Crippen molar-refractivity contribution in [2.24, 2.45) is 4.99 Å². The number of ether oxygens (including phenoxy) is 1. The van der Waals surface area contributed by atoms with E-state index in [0.29, 0.717) is 6.54 Å². The fourth-order valence-electron chi connectivity index (χ4n) is 3.21. The Morgan fingerprint density at radius 2 is 1.84 bits per heavy atom. The molecular weight excluding hydrogens is 503 g/mol. The maximum Gasteiger partial charge on any atom is 0.194 e. The SMILES string of the molecule is CCNC(=NCc1ccc(-n2nc(C)cc2C)nc1)N(C)Cc1ccc(OC)cc1.I. The Labute approximate surface area is 201 Å². The molecule has 1 aromatic carbocycles. The first-order valence-electron chi connectivity index (χ1n) is 10.1. The number of hydrogen-bond donors (Lipinski definition) is 1. The number of aliphatic imine (C=N–C) groups is 1. The van der Waals surface area contributed by atoms with Crippen LogP contribution in [0.5, 0.6) is 5.75 Å². The maximum absolute atomic E-state index is 5.23. The van der Waals surface area contributed by atoms with Gasteiger partial charge in [-0.3, -0.25) is 0 Å². The number of aryl methyl sites for hydroxylation is 2. The number of nitrogens with one attached hydrogen (secondary N) is 1. The van der Waals surface area contributed by atoms with Crippen molar-refractivity contribution < 1.29 is 4.74 Å². The number of guanidine groups is 1. The lowest BCUT2D eigenvalue weighted by Gasteiger charge is -2.22. The Morgan fingerprint density at radius 3 is 2.39 bits per heavy atom. The van der Waals surface area contributed by atoms with E-state index in [1.165, 1.54) is 5.56 Å². The largest absolute Gasteiger partial charge is 0.497 e. The molecule has 0 bridgehead atoms. The average molecular weight is 534 g/mol. The van der Waals surface area contributed by atoms with Crippen LogP contribution in [0.2, 0.25) is 0 Å². The van der Waals surface area contributed by atoms with Crippen LogP contribution in [-0.2, 0) is 13.1 Å². The van der Waals surface area contributed by atoms with Crippen LogP contribution in [0.4, 0.5) is 0 Å². The minimum absolute atomic E-state index is 0. The van der Waals surface area contributed by atoms with Gasteiger partial charge in [-0.05, 0) is 56.2 Å². The van der Waals surface area contributed by atoms with Crippen LogP contribution in [0.25, 0.3) is 5.82 Å². The maximum atomic E-state index is 5.23. The third-order valence-corrected chi connectivity index (χ3v) is 4.72. The van der Waals surface area contributed by atoms with E-state index in [4.69, 9.17) is 9.73 Å². The van der Waals surface area contributed by atoms with Crippen molar-refractivity contribution in [2.75, 3.05) is 20.7 Å². The normalized spacial score (nSPS) is 11.1. The summed E-state index contributed by atoms with van der Waals surface area (Å²) in [5, 5.41) is 7.84. The third-order valence-electron chi connectivity index (χ3n) is 4.72. The summed E-state index contributed by atoms with van der Waals surface area (Å²) >= 11 is 0. The van der Waals surface area contributed by atoms with Crippen molar-refractivity contribution in [3.63, 3.8) is 0 Å². The molecule has 7 nitrogen and oxygen atoms in total. The van der Waals surface area contributed by atoms with E-state index in [-0.39, 0.29) is 24.0 Å². The van der Waals surface area contributed by atoms with Crippen LogP contribution in [0.3, 0.4) is 0 Å². The fraction of sp³-hybridized carbons (Fsp3) is 0.348. The zero-order chi connectivity index (χ0) is 21.5. The second-order valence-electron chi connectivity index (χ2n) is 7.24. The lowest BCUT2D eigenvalue weighted by molar-refractivity contribution is 0.414. The molecular formula is C23H31IN6O. The highest BCUT2D eigenvalue weighted by atomic mass is 127. The van der Waals surface area contributed by atoms with E-state index in [1.807, 2.05) is 56.0 Å². The molecule has 3 rings (SSSR count). The average Bonchev–Trinajstić information content (AvgIpc) is 3.10. The Kier molecular flexibility index (Phi) is 9.29. The summed E-state index contributed by atoms with van der Waals surface area (Å²) < 4.78 is 7.09. The van der Waals surface area contributed by atoms with E-state index in [0.717, 1.165) is 47.6 Å². The minimum atomic E-state index is 0. The van der Waals surface area contributed by atoms with Gasteiger partial charge in [-0.1, -0.05) is 18.2 Å². The van der Waals surface area contributed by atoms with Gasteiger partial charge in [0.15, 0.2) is 11.8 Å². The molecule has 166 valence electrons. The van der Waals surface area contributed by atoms with Gasteiger partial charge in [0.25, 0.3) is 0 Å². The number of pyridine rings is 1. The highest BCUT2D eigenvalue weighted by Crippen LogP contribution is 2.13. The van der Waals surface area contributed by atoms with Crippen LogP contribution in [0.15, 0.2) is 53.7 Å². The number of hydrogen-bond acceptors (Lipinski definition) is 4. The minimum Gasteiger partial charge on any atom is -0.497 e. The van der Waals surface area contributed by atoms with E-state index >= 15 is 0 Å². The number of rotatable bonds is 7. The lowest BCUT2D eigenvalue weighted by atomic mass is 10.2. The molecule has 0 aliphatic rings. The standard InChI is InChI=1S/C23H30N6O.HI/c1-6-24-23(28(4)16-19-7-10-21(30-5)11-8-19)26-15-20-9-12-22(25-14-20)29-18(3)13-17(2)27-29;/h7-14H,6,15-16H2,1-5H3,(H,24,26);1H. The van der Waals surface area contributed by atoms with E-state index in [2.05, 4.69) is 45.4 Å². The fourth-order valence-corrected chi connectivity index (χ4v) is 3.21. The third kappa shape index (κ3) is 6.68. The van der Waals surface area contributed by atoms with E-state index in [1.54, 1.807) is 7.11 Å². The van der Waals surface area contributed by atoms with Crippen molar-refractivity contribution in [1.82, 2.24) is 25.0 Å². The van der Waals surface area contributed by atoms with Gasteiger partial charge in [-0.25, -0.2) is 14.7 Å². The molecule has 0 saturated heterocycles. The first-order valence-corrected chi connectivity index (χ1v) is 10.1. The van der Waals surface area contributed by atoms with Gasteiger partial charge >= 0.3 is 0 Å². The Hall–Kier alpha value is -2.62. The summed E-state index contributed by atoms with van der Waals surface area (Å²) in [5.41, 5.74) is 4.30. The zero-order valence-electron chi connectivity index (χ0n) is 18.8. The Balaban J connectivity index is 0.00000341. The number of benzene rings is 1. The second-order valence-corrected chi connectivity index (χ2v) is 7.24. The highest BCUT2D eigenvalue weighted by Gasteiger charge is 2.08. The summed E-state index contributed by atoms with van der Waals surface area (Å²) in [6, 6.07) is 14.2. The van der Waals surface area contributed by atoms with Crippen LogP contribution < -0.4 is 10.1 Å². The monoisotopic (exact) mass is 534 g/mol. The molecule has 0 atom stereocenters. The number of nitrogens with zero attached hydrogens (tertiary/aromatic N) is 5. The smallest absolute Gasteiger partial charge is 0.194 e. The summed E-state index contributed by atoms with van der Waals surface area (Å²) in [5.74, 6) is 2.53. The Morgan fingerprint density at radius 1 is 1.13 bits per heavy atom. The molecule has 0 unspecified atom stereocenters. The zero-order valence-corrected chi connectivity index (χ0v) is 21.1. The first-order chi connectivity index (χ1) is 14.5. The molecule has 0 amide bonds. The van der Waals surface area contributed by atoms with Gasteiger partial charge in [0.1, 0.15) is 5.75 Å². The number of aromatic nitrogens is 3. The first kappa shape index (κ1) is 24.6. The van der Waals surface area contributed by atoms with Crippen molar-refractivity contribution in [1.29, 1.82) is 0 Å². The van der Waals surface area contributed by atoms with Crippen LogP contribution >= 0.6 is 24.0 Å². The number of halogens is 1. The molecule has 0 aliphatic carbocycles. The topological polar surface area (TPSA) is 67.6 Å². The molecule has 1 N–H and O–H groups in total. The molecule has 0 radical (unpaired) electrons. The van der Waals surface area contributed by atoms with Gasteiger partial charge < -0.3 is 15.0 Å². The van der Waals surface area contributed by atoms with Crippen molar-refractivity contribution >= 4 is 29.9 Å². The molecule has 2 aromatic heterocycles. The van der Waals surface area contributed by atoms with E-state index < -0.39 is 0 Å². The van der Waals surface area contributed by atoms with Gasteiger partial charge in [0.2, 0.25) is 0 Å². The van der Waals surface area contributed by atoms with Gasteiger partial charge in [-0.15, -0.1) is 24.0 Å². The van der Waals surface area contributed by atoms with Crippen molar-refractivity contribution in [3.8, 4) is 11.6 Å².